The number of carbonyl (C=O) groups is 8. The highest BCUT2D eigenvalue weighted by molar-refractivity contribution is 8.76. The number of aromatic amines is 1. The van der Waals surface area contributed by atoms with Crippen LogP contribution in [0.25, 0.3) is 11.2 Å². The summed E-state index contributed by atoms with van der Waals surface area (Å²) in [4.78, 5) is 134. The maximum Gasteiger partial charge on any atom is 0.348 e. The first kappa shape index (κ1) is 64.7. The van der Waals surface area contributed by atoms with Crippen LogP contribution in [-0.4, -0.2) is 148 Å². The molecule has 2 saturated carbocycles. The molecule has 3 heterocycles. The number of nitrogens with zero attached hydrogens (tertiary/aromatic N) is 3. The summed E-state index contributed by atoms with van der Waals surface area (Å²) in [7, 11) is 2.22. The number of Topliss-reactive ketones (excluding diaryl/α,β-unsaturated/α-hetero) is 2. The van der Waals surface area contributed by atoms with Gasteiger partial charge >= 0.3 is 29.8 Å². The van der Waals surface area contributed by atoms with Crippen molar-refractivity contribution in [3.05, 3.63) is 99.1 Å². The van der Waals surface area contributed by atoms with Crippen LogP contribution in [0, 0.1) is 34.0 Å². The highest BCUT2D eigenvalue weighted by atomic mass is 33.1. The molecule has 2 aromatic heterocycles. The number of nitrogens with two attached hydrogens (primary N) is 1. The van der Waals surface area contributed by atoms with E-state index in [9.17, 15) is 58.8 Å². The number of carboxylic acids is 2. The van der Waals surface area contributed by atoms with Gasteiger partial charge in [0.15, 0.2) is 23.1 Å². The lowest BCUT2D eigenvalue weighted by atomic mass is 9.40. The molecule has 1 aliphatic heterocycles. The van der Waals surface area contributed by atoms with E-state index in [1.54, 1.807) is 77.1 Å². The van der Waals surface area contributed by atoms with Gasteiger partial charge in [0.1, 0.15) is 17.9 Å². The Morgan fingerprint density at radius 3 is 2.28 bits per heavy atom. The molecule has 13 atom stereocenters. The van der Waals surface area contributed by atoms with Crippen molar-refractivity contribution in [1.29, 1.82) is 0 Å². The Hall–Kier alpha value is -7.26. The smallest absolute Gasteiger partial charge is 0.348 e. The molecule has 3 fully saturated rings. The van der Waals surface area contributed by atoms with E-state index in [2.05, 4.69) is 30.6 Å². The quantitative estimate of drug-likeness (QED) is 0.0144. The molecular weight excluding hydrogens is 1150 g/mol. The first-order valence-electron chi connectivity index (χ1n) is 28.3. The van der Waals surface area contributed by atoms with Gasteiger partial charge < -0.3 is 55.7 Å². The number of aliphatic hydroxyl groups is 2. The molecule has 0 radical (unpaired) electrons. The lowest BCUT2D eigenvalue weighted by molar-refractivity contribution is -0.302. The molecule has 3 unspecified atom stereocenters. The van der Waals surface area contributed by atoms with Crippen LogP contribution in [0.4, 0.5) is 11.6 Å². The molecular formula is C60H73N7O17S2. The third kappa shape index (κ3) is 13.0. The van der Waals surface area contributed by atoms with Crippen LogP contribution < -0.4 is 21.9 Å². The van der Waals surface area contributed by atoms with Crippen molar-refractivity contribution < 1.29 is 77.7 Å². The zero-order valence-corrected chi connectivity index (χ0v) is 50.6. The fraction of sp³-hybridized carbons (Fsp3) is 0.533. The standard InChI is InChI=1S/C60H73N7O17S2/c1-29(33-12-10-9-11-13-33)46(55(79)83-40-24-60(80)31(3)48-58(7)28-81-42(58)23-41(70)59(48,8)49(72)47(82-32(4)68)44(30(40)2)57(60,5)6)84-43(71)20-21-85-86-27-35(53(75)76)22-38(69)18-19-39(54(77)78)65-51(73)34-14-16-36(17-15-34)62-25-37-26-63-50-45(64-37)52(74)67-56(61)66-50/h9-17,26,29,31,35,39-42,46-48,62,70,80H,18-25,27-28H2,1-8H3,(H,65,73)(H,75,76)(H,77,78)(H3,61,63,66,67,74)/t29-,31-,35?,39?,40-,41-,42+,46+,47+,48?,58+,59+,60+/m0/s1. The van der Waals surface area contributed by atoms with Gasteiger partial charge in [-0.3, -0.25) is 38.5 Å². The molecule has 0 spiro atoms. The topological polar surface area (TPSA) is 376 Å². The molecule has 3 aliphatic carbocycles. The highest BCUT2D eigenvalue weighted by Crippen LogP contribution is 2.67. The van der Waals surface area contributed by atoms with Crippen molar-refractivity contribution in [2.24, 2.45) is 34.0 Å². The number of hydrogen-bond donors (Lipinski definition) is 8. The molecule has 462 valence electrons. The third-order valence-electron chi connectivity index (χ3n) is 18.1. The zero-order valence-electron chi connectivity index (χ0n) is 48.9. The van der Waals surface area contributed by atoms with Gasteiger partial charge in [-0.05, 0) is 73.1 Å². The van der Waals surface area contributed by atoms with Crippen LogP contribution in [0.2, 0.25) is 0 Å². The molecule has 2 bridgehead atoms. The van der Waals surface area contributed by atoms with E-state index in [-0.39, 0.29) is 85.0 Å². The SMILES string of the molecule is CC(=O)O[C@H]1C(=O)[C@@]2(C)C([C@H](C)[C@]3(O)C[C@H](OC(=O)[C@H](OC(=O)CCSSCC(CC(=O)CCC(NC(=O)c4ccc(NCc5cnc6nc(N)[nH]c(=O)c6n5)cc4)C(=O)O)C(=O)O)[C@@H](C)c4ccccc4)C(C)=C1C3(C)C)[C@]1(C)CO[C@@H]1C[C@@H]2O. The van der Waals surface area contributed by atoms with E-state index >= 15 is 4.79 Å². The van der Waals surface area contributed by atoms with Crippen LogP contribution >= 0.6 is 21.6 Å². The van der Waals surface area contributed by atoms with Crippen molar-refractivity contribution >= 4 is 91.7 Å². The van der Waals surface area contributed by atoms with Gasteiger partial charge in [-0.1, -0.05) is 86.5 Å². The minimum absolute atomic E-state index is 0.00655. The predicted molar refractivity (Wildman–Crippen MR) is 315 cm³/mol. The van der Waals surface area contributed by atoms with Gasteiger partial charge in [0.2, 0.25) is 12.1 Å². The highest BCUT2D eigenvalue weighted by Gasteiger charge is 2.73. The van der Waals surface area contributed by atoms with Gasteiger partial charge in [-0.15, -0.1) is 0 Å². The van der Waals surface area contributed by atoms with Crippen LogP contribution in [0.1, 0.15) is 121 Å². The van der Waals surface area contributed by atoms with Crippen molar-refractivity contribution in [2.75, 3.05) is 29.2 Å². The summed E-state index contributed by atoms with van der Waals surface area (Å²) in [6.07, 6.45) is -5.78. The summed E-state index contributed by atoms with van der Waals surface area (Å²) < 4.78 is 24.1. The fourth-order valence-electron chi connectivity index (χ4n) is 13.2. The average molecular weight is 1230 g/mol. The van der Waals surface area contributed by atoms with E-state index < -0.39 is 141 Å². The Bertz CT molecular complexity index is 3380. The Morgan fingerprint density at radius 1 is 0.942 bits per heavy atom. The number of fused-ring (bicyclic) bond motifs is 6. The molecule has 2 aromatic carbocycles. The van der Waals surface area contributed by atoms with Gasteiger partial charge in [0.25, 0.3) is 11.5 Å². The summed E-state index contributed by atoms with van der Waals surface area (Å²) in [5.41, 5.74) is 2.31. The fourth-order valence-corrected chi connectivity index (χ4v) is 15.5. The van der Waals surface area contributed by atoms with E-state index in [0.29, 0.717) is 22.5 Å². The number of amides is 1. The van der Waals surface area contributed by atoms with E-state index in [4.69, 9.17) is 24.7 Å². The maximum absolute atomic E-state index is 15.2. The Labute approximate surface area is 503 Å². The number of hydrogen-bond acceptors (Lipinski definition) is 22. The van der Waals surface area contributed by atoms with Crippen LogP contribution in [-0.2, 0) is 59.1 Å². The van der Waals surface area contributed by atoms with E-state index in [1.807, 2.05) is 13.8 Å². The Kier molecular flexibility index (Phi) is 19.6. The van der Waals surface area contributed by atoms with Crippen molar-refractivity contribution in [3.8, 4) is 0 Å². The lowest BCUT2D eigenvalue weighted by Gasteiger charge is -2.68. The molecule has 4 aliphatic rings. The van der Waals surface area contributed by atoms with Crippen LogP contribution in [0.15, 0.2) is 76.7 Å². The van der Waals surface area contributed by atoms with Crippen LogP contribution in [0.3, 0.4) is 0 Å². The molecule has 1 amide bonds. The molecule has 4 aromatic rings. The second-order valence-electron chi connectivity index (χ2n) is 23.8. The first-order valence-corrected chi connectivity index (χ1v) is 30.8. The summed E-state index contributed by atoms with van der Waals surface area (Å²) in [5.74, 6) is -10.4. The maximum atomic E-state index is 15.2. The minimum atomic E-state index is -1.74. The number of carboxylic acid groups (broad SMARTS) is 2. The summed E-state index contributed by atoms with van der Waals surface area (Å²) in [6.45, 7) is 14.0. The van der Waals surface area contributed by atoms with Gasteiger partial charge in [-0.25, -0.2) is 19.6 Å². The largest absolute Gasteiger partial charge is 0.481 e. The van der Waals surface area contributed by atoms with Gasteiger partial charge in [-0.2, -0.15) is 4.98 Å². The number of ether oxygens (including phenoxy) is 4. The normalized spacial score (nSPS) is 27.0. The van der Waals surface area contributed by atoms with E-state index in [0.717, 1.165) is 21.6 Å². The molecule has 24 nitrogen and oxygen atoms in total. The average Bonchev–Trinajstić information content (AvgIpc) is 0.678. The Balaban J connectivity index is 0.855. The lowest BCUT2D eigenvalue weighted by Crippen LogP contribution is -2.75. The number of H-pyrrole nitrogens is 1. The molecule has 8 rings (SSSR count). The van der Waals surface area contributed by atoms with Gasteiger partial charge in [0, 0.05) is 72.1 Å². The summed E-state index contributed by atoms with van der Waals surface area (Å²) in [6, 6.07) is 13.4. The van der Waals surface area contributed by atoms with Crippen LogP contribution in [0.5, 0.6) is 0 Å². The number of aliphatic hydroxyl groups excluding tert-OH is 1. The monoisotopic (exact) mass is 1230 g/mol. The first-order chi connectivity index (χ1) is 40.5. The van der Waals surface area contributed by atoms with Crippen molar-refractivity contribution in [1.82, 2.24) is 25.3 Å². The number of ketones is 2. The predicted octanol–water partition coefficient (Wildman–Crippen LogP) is 5.35. The number of benzene rings is 2. The molecule has 26 heteroatoms. The second kappa shape index (κ2) is 26.0. The number of esters is 3. The van der Waals surface area contributed by atoms with Crippen molar-refractivity contribution in [3.63, 3.8) is 0 Å². The number of anilines is 2. The Morgan fingerprint density at radius 2 is 1.64 bits per heavy atom. The number of rotatable bonds is 24. The number of carbonyl (C=O) groups excluding carboxylic acids is 6. The molecule has 9 N–H and O–H groups in total. The summed E-state index contributed by atoms with van der Waals surface area (Å²) in [5, 5.41) is 50.6. The van der Waals surface area contributed by atoms with Gasteiger partial charge in [0.05, 0.1) is 60.6 Å². The number of aromatic nitrogens is 4. The molecule has 1 saturated heterocycles. The minimum Gasteiger partial charge on any atom is -0.481 e. The number of aliphatic carboxylic acids is 2. The third-order valence-corrected chi connectivity index (χ3v) is 20.5. The number of nitrogens with one attached hydrogen (secondary N) is 3. The van der Waals surface area contributed by atoms with E-state index in [1.165, 1.54) is 25.3 Å². The molecule has 86 heavy (non-hydrogen) atoms. The zero-order chi connectivity index (χ0) is 62.8. The second-order valence-corrected chi connectivity index (χ2v) is 26.4. The van der Waals surface area contributed by atoms with Crippen molar-refractivity contribution in [2.45, 2.75) is 149 Å². The number of nitrogen functional groups attached to an aromatic ring is 1. The summed E-state index contributed by atoms with van der Waals surface area (Å²) >= 11 is 0.